The van der Waals surface area contributed by atoms with Gasteiger partial charge in [0, 0.05) is 44.3 Å². The summed E-state index contributed by atoms with van der Waals surface area (Å²) < 4.78 is 67.4. The lowest BCUT2D eigenvalue weighted by molar-refractivity contribution is 0.481. The lowest BCUT2D eigenvalue weighted by Crippen LogP contribution is -1.97. The van der Waals surface area contributed by atoms with Gasteiger partial charge in [-0.3, -0.25) is 9.11 Å². The number of nitrogens with one attached hydrogen (secondary N) is 2. The zero-order valence-corrected chi connectivity index (χ0v) is 33.3. The Morgan fingerprint density at radius 3 is 0.879 bits per heavy atom. The molecule has 14 heteroatoms. The Morgan fingerprint density at radius 1 is 0.362 bits per heavy atom. The molecule has 0 amide bonds. The molecule has 0 spiro atoms. The number of rotatable bonds is 6. The third kappa shape index (κ3) is 7.52. The van der Waals surface area contributed by atoms with E-state index in [9.17, 15) is 25.9 Å². The predicted octanol–water partition coefficient (Wildman–Crippen LogP) is 10.7. The fraction of sp³-hybridized carbons (Fsp3) is 0. The van der Waals surface area contributed by atoms with Crippen LogP contribution in [0.25, 0.3) is 90.9 Å². The van der Waals surface area contributed by atoms with Crippen LogP contribution in [-0.2, 0) is 20.2 Å². The van der Waals surface area contributed by atoms with E-state index in [2.05, 4.69) is 9.97 Å². The second-order valence-corrected chi connectivity index (χ2v) is 16.1. The van der Waals surface area contributed by atoms with E-state index in [0.29, 0.717) is 56.1 Å². The maximum Gasteiger partial charge on any atom is 0.294 e. The lowest BCUT2D eigenvalue weighted by Gasteiger charge is -2.07. The number of H-pyrrole nitrogens is 2. The summed E-state index contributed by atoms with van der Waals surface area (Å²) >= 11 is 0. The molecule has 3 aromatic heterocycles. The number of fused-ring (bicyclic) bond motifs is 8. The highest BCUT2D eigenvalue weighted by atomic mass is 35.5. The van der Waals surface area contributed by atoms with Gasteiger partial charge in [-0.2, -0.15) is 16.8 Å². The van der Waals surface area contributed by atoms with Gasteiger partial charge in [0.2, 0.25) is 0 Å². The summed E-state index contributed by atoms with van der Waals surface area (Å²) in [5.41, 5.74) is 11.8. The molecule has 0 radical (unpaired) electrons. The van der Waals surface area contributed by atoms with Gasteiger partial charge in [0.25, 0.3) is 20.2 Å². The van der Waals surface area contributed by atoms with Crippen molar-refractivity contribution in [3.8, 4) is 44.5 Å². The fourth-order valence-electron chi connectivity index (χ4n) is 7.22. The van der Waals surface area contributed by atoms with Crippen LogP contribution in [-0.4, -0.2) is 45.9 Å². The molecular weight excluding hydrogens is 816 g/mol. The fourth-order valence-corrected chi connectivity index (χ4v) is 8.18. The monoisotopic (exact) mass is 846 g/mol. The van der Waals surface area contributed by atoms with Gasteiger partial charge >= 0.3 is 0 Å². The zero-order chi connectivity index (χ0) is 38.6. The Balaban J connectivity index is 0.00000256. The molecule has 0 fully saturated rings. The number of hydrogen-bond donors (Lipinski definition) is 4. The molecule has 10 nitrogen and oxygen atoms in total. The van der Waals surface area contributed by atoms with Crippen LogP contribution in [0.5, 0.6) is 0 Å². The van der Waals surface area contributed by atoms with Gasteiger partial charge < -0.3 is 9.97 Å². The van der Waals surface area contributed by atoms with Crippen molar-refractivity contribution in [2.75, 3.05) is 0 Å². The van der Waals surface area contributed by atoms with Crippen molar-refractivity contribution in [3.05, 3.63) is 156 Å². The quantitative estimate of drug-likeness (QED) is 0.120. The highest BCUT2D eigenvalue weighted by Crippen LogP contribution is 2.38. The van der Waals surface area contributed by atoms with Crippen molar-refractivity contribution in [1.82, 2.24) is 19.9 Å². The molecule has 4 aromatic carbocycles. The van der Waals surface area contributed by atoms with Gasteiger partial charge in [0.05, 0.1) is 32.6 Å². The van der Waals surface area contributed by atoms with Gasteiger partial charge in [-0.25, -0.2) is 9.97 Å². The largest absolute Gasteiger partial charge is 0.354 e. The number of hydrogen-bond acceptors (Lipinski definition) is 6. The molecule has 4 N–H and O–H groups in total. The summed E-state index contributed by atoms with van der Waals surface area (Å²) in [6.07, 6.45) is 7.73. The minimum absolute atomic E-state index is 0. The molecule has 0 saturated carbocycles. The van der Waals surface area contributed by atoms with Crippen molar-refractivity contribution in [2.45, 2.75) is 9.79 Å². The van der Waals surface area contributed by atoms with Crippen molar-refractivity contribution in [2.24, 2.45) is 0 Å². The SMILES string of the molecule is Cl.Cl.O=S(=O)(O)c1ccc(-c2c3nc(c(-c4ccccc4)c4ccc([nH]4)c(-c4ccccc4)c4nc(c(-c5ccc(S(=O)(=O)O)cc5)c5ccc2[nH]5)C=C4)C=C3)cc1. The van der Waals surface area contributed by atoms with Crippen LogP contribution >= 0.6 is 24.8 Å². The number of halogens is 2. The van der Waals surface area contributed by atoms with E-state index in [1.165, 1.54) is 24.3 Å². The summed E-state index contributed by atoms with van der Waals surface area (Å²) in [4.78, 5) is 17.2. The van der Waals surface area contributed by atoms with Crippen molar-refractivity contribution in [1.29, 1.82) is 0 Å². The smallest absolute Gasteiger partial charge is 0.294 e. The van der Waals surface area contributed by atoms with Crippen LogP contribution in [0.1, 0.15) is 22.8 Å². The molecule has 8 bridgehead atoms. The molecule has 9 rings (SSSR count). The molecule has 5 heterocycles. The van der Waals surface area contributed by atoms with Gasteiger partial charge in [-0.05, 0) is 95.1 Å². The first kappa shape index (κ1) is 40.1. The van der Waals surface area contributed by atoms with Crippen molar-refractivity contribution >= 4 is 91.4 Å². The normalized spacial score (nSPS) is 12.2. The Morgan fingerprint density at radius 2 is 0.621 bits per heavy atom. The summed E-state index contributed by atoms with van der Waals surface area (Å²) in [5.74, 6) is 0. The van der Waals surface area contributed by atoms with Crippen LogP contribution in [0, 0.1) is 0 Å². The molecule has 290 valence electrons. The number of aromatic amines is 2. The first-order chi connectivity index (χ1) is 27.0. The molecule has 0 saturated heterocycles. The maximum absolute atomic E-state index is 12.0. The van der Waals surface area contributed by atoms with Crippen molar-refractivity contribution < 1.29 is 25.9 Å². The average molecular weight is 848 g/mol. The highest BCUT2D eigenvalue weighted by Gasteiger charge is 2.20. The maximum atomic E-state index is 12.0. The van der Waals surface area contributed by atoms with E-state index < -0.39 is 20.2 Å². The van der Waals surface area contributed by atoms with E-state index in [4.69, 9.17) is 9.97 Å². The van der Waals surface area contributed by atoms with E-state index in [0.717, 1.165) is 33.3 Å². The van der Waals surface area contributed by atoms with Gasteiger partial charge in [0.1, 0.15) is 0 Å². The highest BCUT2D eigenvalue weighted by molar-refractivity contribution is 7.86. The zero-order valence-electron chi connectivity index (χ0n) is 30.1. The Labute approximate surface area is 346 Å². The average Bonchev–Trinajstić information content (AvgIpc) is 4.03. The molecule has 2 aliphatic rings. The Hall–Kier alpha value is -6.12. The van der Waals surface area contributed by atoms with Crippen LogP contribution in [0.4, 0.5) is 0 Å². The molecule has 7 aromatic rings. The first-order valence-electron chi connectivity index (χ1n) is 17.4. The Kier molecular flexibility index (Phi) is 10.8. The Bertz CT molecular complexity index is 2960. The molecule has 0 unspecified atom stereocenters. The van der Waals surface area contributed by atoms with E-state index in [1.807, 2.05) is 109 Å². The van der Waals surface area contributed by atoms with E-state index in [1.54, 1.807) is 24.3 Å². The predicted molar refractivity (Wildman–Crippen MR) is 235 cm³/mol. The third-order valence-corrected chi connectivity index (χ3v) is 11.5. The third-order valence-electron chi connectivity index (χ3n) is 9.76. The summed E-state index contributed by atoms with van der Waals surface area (Å²) in [6, 6.07) is 39.7. The van der Waals surface area contributed by atoms with Crippen molar-refractivity contribution in [3.63, 3.8) is 0 Å². The second-order valence-electron chi connectivity index (χ2n) is 13.2. The van der Waals surface area contributed by atoms with E-state index in [-0.39, 0.29) is 34.6 Å². The second kappa shape index (κ2) is 15.7. The van der Waals surface area contributed by atoms with Gasteiger partial charge in [0.15, 0.2) is 0 Å². The first-order valence-corrected chi connectivity index (χ1v) is 20.3. The van der Waals surface area contributed by atoms with Crippen LogP contribution in [0.2, 0.25) is 0 Å². The summed E-state index contributed by atoms with van der Waals surface area (Å²) in [5, 5.41) is 0. The molecule has 0 aliphatic carbocycles. The number of nitrogens with zero attached hydrogens (tertiary/aromatic N) is 2. The van der Waals surface area contributed by atoms with Gasteiger partial charge in [-0.1, -0.05) is 84.9 Å². The van der Waals surface area contributed by atoms with Crippen LogP contribution in [0.15, 0.2) is 143 Å². The summed E-state index contributed by atoms with van der Waals surface area (Å²) in [6.45, 7) is 0. The number of aromatic nitrogens is 4. The number of benzene rings is 4. The molecule has 0 atom stereocenters. The van der Waals surface area contributed by atoms with Crippen LogP contribution in [0.3, 0.4) is 0 Å². The van der Waals surface area contributed by atoms with Gasteiger partial charge in [-0.15, -0.1) is 24.8 Å². The lowest BCUT2D eigenvalue weighted by atomic mass is 10.0. The molecule has 58 heavy (non-hydrogen) atoms. The minimum Gasteiger partial charge on any atom is -0.354 e. The topological polar surface area (TPSA) is 166 Å². The summed E-state index contributed by atoms with van der Waals surface area (Å²) in [7, 11) is -8.88. The van der Waals surface area contributed by atoms with Crippen LogP contribution < -0.4 is 0 Å². The molecule has 2 aliphatic heterocycles. The van der Waals surface area contributed by atoms with E-state index >= 15 is 0 Å². The minimum atomic E-state index is -4.44. The molecular formula is C44H32Cl2N4O6S2. The standard InChI is InChI=1S/C44H30N4O6S2.2ClH/c49-55(50,51)31-15-11-29(12-16-31)43-37-23-21-35(46-37)41(27-7-3-1-4-8-27)33-19-20-34(45-33)42(28-9-5-2-6-10-28)36-22-24-38(47-36)44(40-26-25-39(43)48-40)30-13-17-32(18-14-30)56(52,53)54;;/h1-26,45,48H,(H,49,50,51)(H,52,53,54);2*1H.